The number of hydrogen-bond donors (Lipinski definition) is 2. The minimum atomic E-state index is -0.0490. The Hall–Kier alpha value is -1.65. The molecule has 2 aromatic rings. The fourth-order valence-corrected chi connectivity index (χ4v) is 2.39. The predicted octanol–water partition coefficient (Wildman–Crippen LogP) is 4.05. The lowest BCUT2D eigenvalue weighted by atomic mass is 10.1. The van der Waals surface area contributed by atoms with Crippen LogP contribution in [0.2, 0.25) is 0 Å². The van der Waals surface area contributed by atoms with Crippen LogP contribution in [0.15, 0.2) is 53.0 Å². The van der Waals surface area contributed by atoms with Gasteiger partial charge in [0, 0.05) is 16.2 Å². The van der Waals surface area contributed by atoms with Crippen LogP contribution < -0.4 is 10.6 Å². The van der Waals surface area contributed by atoms with Crippen molar-refractivity contribution in [3.8, 4) is 0 Å². The van der Waals surface area contributed by atoms with E-state index < -0.39 is 0 Å². The standard InChI is InChI=1S/C17H19BrN2O/c1-12-6-8-14(9-7-12)13(2)19-11-17(21)20-16-5-3-4-15(18)10-16/h3-10,13,19H,11H2,1-2H3,(H,20,21). The summed E-state index contributed by atoms with van der Waals surface area (Å²) >= 11 is 3.38. The monoisotopic (exact) mass is 346 g/mol. The zero-order valence-electron chi connectivity index (χ0n) is 12.2. The summed E-state index contributed by atoms with van der Waals surface area (Å²) in [6.07, 6.45) is 0. The van der Waals surface area contributed by atoms with Crippen molar-refractivity contribution in [1.82, 2.24) is 5.32 Å². The molecule has 0 aliphatic heterocycles. The van der Waals surface area contributed by atoms with E-state index in [0.717, 1.165) is 10.2 Å². The first kappa shape index (κ1) is 15.7. The quantitative estimate of drug-likeness (QED) is 0.857. The molecule has 4 heteroatoms. The molecule has 1 atom stereocenters. The molecule has 1 unspecified atom stereocenters. The summed E-state index contributed by atoms with van der Waals surface area (Å²) in [6, 6.07) is 16.0. The zero-order valence-corrected chi connectivity index (χ0v) is 13.8. The van der Waals surface area contributed by atoms with Crippen LogP contribution in [0.25, 0.3) is 0 Å². The van der Waals surface area contributed by atoms with E-state index in [1.54, 1.807) is 0 Å². The zero-order chi connectivity index (χ0) is 15.2. The highest BCUT2D eigenvalue weighted by Gasteiger charge is 2.08. The van der Waals surface area contributed by atoms with E-state index in [0.29, 0.717) is 0 Å². The van der Waals surface area contributed by atoms with Crippen molar-refractivity contribution in [3.05, 3.63) is 64.1 Å². The fraction of sp³-hybridized carbons (Fsp3) is 0.235. The molecule has 1 amide bonds. The van der Waals surface area contributed by atoms with Gasteiger partial charge in [0.25, 0.3) is 0 Å². The Morgan fingerprint density at radius 1 is 1.19 bits per heavy atom. The first-order valence-corrected chi connectivity index (χ1v) is 7.69. The van der Waals surface area contributed by atoms with E-state index in [2.05, 4.69) is 64.7 Å². The van der Waals surface area contributed by atoms with Gasteiger partial charge >= 0.3 is 0 Å². The first-order chi connectivity index (χ1) is 10.0. The van der Waals surface area contributed by atoms with Crippen molar-refractivity contribution in [2.75, 3.05) is 11.9 Å². The molecule has 0 spiro atoms. The lowest BCUT2D eigenvalue weighted by Crippen LogP contribution is -2.30. The van der Waals surface area contributed by atoms with Crippen LogP contribution in [-0.4, -0.2) is 12.5 Å². The van der Waals surface area contributed by atoms with E-state index in [-0.39, 0.29) is 18.5 Å². The van der Waals surface area contributed by atoms with Crippen LogP contribution in [0.1, 0.15) is 24.1 Å². The van der Waals surface area contributed by atoms with Gasteiger partial charge in [-0.25, -0.2) is 0 Å². The van der Waals surface area contributed by atoms with Crippen molar-refractivity contribution in [1.29, 1.82) is 0 Å². The van der Waals surface area contributed by atoms with Gasteiger partial charge in [0.05, 0.1) is 6.54 Å². The Labute approximate surface area is 133 Å². The molecule has 0 aliphatic carbocycles. The normalized spacial score (nSPS) is 12.0. The second kappa shape index (κ2) is 7.38. The second-order valence-corrected chi connectivity index (χ2v) is 5.99. The van der Waals surface area contributed by atoms with Gasteiger partial charge in [0.1, 0.15) is 0 Å². The molecule has 0 saturated heterocycles. The molecule has 2 N–H and O–H groups in total. The third-order valence-corrected chi connectivity index (χ3v) is 3.75. The van der Waals surface area contributed by atoms with Gasteiger partial charge in [0.15, 0.2) is 0 Å². The van der Waals surface area contributed by atoms with Crippen LogP contribution in [0.3, 0.4) is 0 Å². The molecule has 110 valence electrons. The number of carbonyl (C=O) groups excluding carboxylic acids is 1. The Balaban J connectivity index is 1.84. The summed E-state index contributed by atoms with van der Waals surface area (Å²) in [5.41, 5.74) is 3.20. The maximum atomic E-state index is 11.9. The number of carbonyl (C=O) groups is 1. The van der Waals surface area contributed by atoms with Gasteiger partial charge in [0.2, 0.25) is 5.91 Å². The third-order valence-electron chi connectivity index (χ3n) is 3.25. The Kier molecular flexibility index (Phi) is 5.53. The third kappa shape index (κ3) is 4.99. The average Bonchev–Trinajstić information content (AvgIpc) is 2.45. The van der Waals surface area contributed by atoms with Crippen LogP contribution >= 0.6 is 15.9 Å². The Morgan fingerprint density at radius 3 is 2.57 bits per heavy atom. The summed E-state index contributed by atoms with van der Waals surface area (Å²) < 4.78 is 0.946. The first-order valence-electron chi connectivity index (χ1n) is 6.90. The molecule has 2 aromatic carbocycles. The summed E-state index contributed by atoms with van der Waals surface area (Å²) in [6.45, 7) is 4.39. The molecule has 0 radical (unpaired) electrons. The van der Waals surface area contributed by atoms with Crippen molar-refractivity contribution in [3.63, 3.8) is 0 Å². The molecule has 0 bridgehead atoms. The maximum Gasteiger partial charge on any atom is 0.238 e. The molecule has 21 heavy (non-hydrogen) atoms. The number of nitrogens with one attached hydrogen (secondary N) is 2. The van der Waals surface area contributed by atoms with E-state index in [9.17, 15) is 4.79 Å². The Bertz CT molecular complexity index is 610. The van der Waals surface area contributed by atoms with E-state index >= 15 is 0 Å². The largest absolute Gasteiger partial charge is 0.325 e. The van der Waals surface area contributed by atoms with Crippen molar-refractivity contribution >= 4 is 27.5 Å². The molecule has 3 nitrogen and oxygen atoms in total. The molecule has 2 rings (SSSR count). The number of amides is 1. The summed E-state index contributed by atoms with van der Waals surface area (Å²) in [4.78, 5) is 11.9. The topological polar surface area (TPSA) is 41.1 Å². The number of rotatable bonds is 5. The highest BCUT2D eigenvalue weighted by molar-refractivity contribution is 9.10. The van der Waals surface area contributed by atoms with E-state index in [1.807, 2.05) is 24.3 Å². The molecule has 0 aliphatic rings. The average molecular weight is 347 g/mol. The van der Waals surface area contributed by atoms with Crippen LogP contribution in [0, 0.1) is 6.92 Å². The molecule has 0 fully saturated rings. The summed E-state index contributed by atoms with van der Waals surface area (Å²) in [7, 11) is 0. The predicted molar refractivity (Wildman–Crippen MR) is 90.4 cm³/mol. The van der Waals surface area contributed by atoms with Gasteiger partial charge in [-0.1, -0.05) is 51.8 Å². The molecular formula is C17H19BrN2O. The highest BCUT2D eigenvalue weighted by Crippen LogP contribution is 2.16. The summed E-state index contributed by atoms with van der Waals surface area (Å²) in [5.74, 6) is -0.0490. The van der Waals surface area contributed by atoms with Crippen LogP contribution in [0.4, 0.5) is 5.69 Å². The van der Waals surface area contributed by atoms with Gasteiger partial charge in [-0.05, 0) is 37.6 Å². The van der Waals surface area contributed by atoms with Gasteiger partial charge in [-0.2, -0.15) is 0 Å². The number of aryl methyl sites for hydroxylation is 1. The van der Waals surface area contributed by atoms with Crippen LogP contribution in [-0.2, 0) is 4.79 Å². The SMILES string of the molecule is Cc1ccc(C(C)NCC(=O)Nc2cccc(Br)c2)cc1. The minimum Gasteiger partial charge on any atom is -0.325 e. The number of benzene rings is 2. The van der Waals surface area contributed by atoms with E-state index in [1.165, 1.54) is 11.1 Å². The molecule has 0 aromatic heterocycles. The highest BCUT2D eigenvalue weighted by atomic mass is 79.9. The van der Waals surface area contributed by atoms with Crippen molar-refractivity contribution < 1.29 is 4.79 Å². The van der Waals surface area contributed by atoms with Gasteiger partial charge in [-0.15, -0.1) is 0 Å². The second-order valence-electron chi connectivity index (χ2n) is 5.07. The minimum absolute atomic E-state index is 0.0490. The molecular weight excluding hydrogens is 328 g/mol. The van der Waals surface area contributed by atoms with Gasteiger partial charge in [-0.3, -0.25) is 4.79 Å². The fourth-order valence-electron chi connectivity index (χ4n) is 1.99. The van der Waals surface area contributed by atoms with Crippen LogP contribution in [0.5, 0.6) is 0 Å². The number of anilines is 1. The Morgan fingerprint density at radius 2 is 1.90 bits per heavy atom. The molecule has 0 heterocycles. The lowest BCUT2D eigenvalue weighted by Gasteiger charge is -2.14. The maximum absolute atomic E-state index is 11.9. The number of halogens is 1. The smallest absolute Gasteiger partial charge is 0.238 e. The van der Waals surface area contributed by atoms with Crippen molar-refractivity contribution in [2.24, 2.45) is 0 Å². The van der Waals surface area contributed by atoms with E-state index in [4.69, 9.17) is 0 Å². The van der Waals surface area contributed by atoms with Gasteiger partial charge < -0.3 is 10.6 Å². The molecule has 0 saturated carbocycles. The van der Waals surface area contributed by atoms with Crippen molar-refractivity contribution in [2.45, 2.75) is 19.9 Å². The summed E-state index contributed by atoms with van der Waals surface area (Å²) in [5, 5.41) is 6.10. The lowest BCUT2D eigenvalue weighted by molar-refractivity contribution is -0.115. The number of hydrogen-bond acceptors (Lipinski definition) is 2.